The van der Waals surface area contributed by atoms with Gasteiger partial charge in [0.25, 0.3) is 5.91 Å². The van der Waals surface area contributed by atoms with E-state index in [9.17, 15) is 4.79 Å². The first-order chi connectivity index (χ1) is 11.3. The van der Waals surface area contributed by atoms with Gasteiger partial charge in [-0.3, -0.25) is 4.79 Å². The van der Waals surface area contributed by atoms with Crippen LogP contribution < -0.4 is 10.1 Å². The number of rotatable bonds is 6. The maximum absolute atomic E-state index is 12.3. The van der Waals surface area contributed by atoms with Crippen LogP contribution in [0.15, 0.2) is 48.7 Å². The Morgan fingerprint density at radius 2 is 2.17 bits per heavy atom. The van der Waals surface area contributed by atoms with Crippen molar-refractivity contribution in [2.24, 2.45) is 0 Å². The Labute approximate surface area is 139 Å². The summed E-state index contributed by atoms with van der Waals surface area (Å²) in [6, 6.07) is 13.5. The minimum absolute atomic E-state index is 0.0760. The SMILES string of the molecule is CCCOc1cccc(CNC(=O)c2cc3cccnc3s2)c1. The third-order valence-corrected chi connectivity index (χ3v) is 4.40. The zero-order valence-corrected chi connectivity index (χ0v) is 13.7. The van der Waals surface area contributed by atoms with Gasteiger partial charge in [0, 0.05) is 18.1 Å². The number of carbonyl (C=O) groups is 1. The summed E-state index contributed by atoms with van der Waals surface area (Å²) in [6.07, 6.45) is 2.71. The van der Waals surface area contributed by atoms with Crippen LogP contribution in [-0.2, 0) is 6.54 Å². The number of aromatic nitrogens is 1. The monoisotopic (exact) mass is 326 g/mol. The number of hydrogen-bond donors (Lipinski definition) is 1. The third kappa shape index (κ3) is 3.87. The third-order valence-electron chi connectivity index (χ3n) is 3.34. The maximum atomic E-state index is 12.3. The largest absolute Gasteiger partial charge is 0.494 e. The van der Waals surface area contributed by atoms with E-state index in [0.29, 0.717) is 18.0 Å². The summed E-state index contributed by atoms with van der Waals surface area (Å²) in [7, 11) is 0. The van der Waals surface area contributed by atoms with Gasteiger partial charge in [0.1, 0.15) is 10.6 Å². The molecule has 3 aromatic rings. The molecule has 2 aromatic heterocycles. The Hall–Kier alpha value is -2.40. The van der Waals surface area contributed by atoms with Crippen molar-refractivity contribution in [1.29, 1.82) is 0 Å². The Balaban J connectivity index is 1.64. The van der Waals surface area contributed by atoms with E-state index in [-0.39, 0.29) is 5.91 Å². The summed E-state index contributed by atoms with van der Waals surface area (Å²) in [4.78, 5) is 18.1. The molecular formula is C18H18N2O2S. The van der Waals surface area contributed by atoms with Gasteiger partial charge in [0.15, 0.2) is 0 Å². The molecule has 3 rings (SSSR count). The number of amides is 1. The average molecular weight is 326 g/mol. The Morgan fingerprint density at radius 1 is 1.26 bits per heavy atom. The van der Waals surface area contributed by atoms with Crippen LogP contribution in [0.3, 0.4) is 0 Å². The molecule has 0 radical (unpaired) electrons. The van der Waals surface area contributed by atoms with Gasteiger partial charge in [0.05, 0.1) is 11.5 Å². The van der Waals surface area contributed by atoms with E-state index >= 15 is 0 Å². The smallest absolute Gasteiger partial charge is 0.261 e. The van der Waals surface area contributed by atoms with Gasteiger partial charge in [-0.1, -0.05) is 25.1 Å². The zero-order valence-electron chi connectivity index (χ0n) is 12.9. The molecule has 5 heteroatoms. The van der Waals surface area contributed by atoms with Crippen molar-refractivity contribution in [3.8, 4) is 5.75 Å². The second kappa shape index (κ2) is 7.24. The molecule has 0 fully saturated rings. The highest BCUT2D eigenvalue weighted by molar-refractivity contribution is 7.20. The number of nitrogens with one attached hydrogen (secondary N) is 1. The number of ether oxygens (including phenoxy) is 1. The van der Waals surface area contributed by atoms with Crippen molar-refractivity contribution in [1.82, 2.24) is 10.3 Å². The zero-order chi connectivity index (χ0) is 16.1. The quantitative estimate of drug-likeness (QED) is 0.744. The van der Waals surface area contributed by atoms with E-state index in [1.165, 1.54) is 11.3 Å². The Morgan fingerprint density at radius 3 is 3.00 bits per heavy atom. The molecule has 0 aliphatic carbocycles. The first-order valence-electron chi connectivity index (χ1n) is 7.61. The summed E-state index contributed by atoms with van der Waals surface area (Å²) in [5.74, 6) is 0.762. The van der Waals surface area contributed by atoms with E-state index in [4.69, 9.17) is 4.74 Å². The number of nitrogens with zero attached hydrogens (tertiary/aromatic N) is 1. The van der Waals surface area contributed by atoms with Crippen molar-refractivity contribution in [3.05, 3.63) is 59.1 Å². The fourth-order valence-electron chi connectivity index (χ4n) is 2.22. The van der Waals surface area contributed by atoms with Crippen molar-refractivity contribution in [3.63, 3.8) is 0 Å². The van der Waals surface area contributed by atoms with Gasteiger partial charge in [-0.15, -0.1) is 11.3 Å². The van der Waals surface area contributed by atoms with Crippen molar-refractivity contribution >= 4 is 27.5 Å². The molecule has 4 nitrogen and oxygen atoms in total. The predicted molar refractivity (Wildman–Crippen MR) is 93.0 cm³/mol. The lowest BCUT2D eigenvalue weighted by Gasteiger charge is -2.07. The fourth-order valence-corrected chi connectivity index (χ4v) is 3.14. The highest BCUT2D eigenvalue weighted by atomic mass is 32.1. The van der Waals surface area contributed by atoms with E-state index in [0.717, 1.165) is 28.0 Å². The van der Waals surface area contributed by atoms with Gasteiger partial charge in [-0.25, -0.2) is 4.98 Å². The molecule has 1 N–H and O–H groups in total. The molecule has 0 atom stereocenters. The number of hydrogen-bond acceptors (Lipinski definition) is 4. The van der Waals surface area contributed by atoms with E-state index < -0.39 is 0 Å². The highest BCUT2D eigenvalue weighted by Crippen LogP contribution is 2.23. The van der Waals surface area contributed by atoms with Gasteiger partial charge < -0.3 is 10.1 Å². The average Bonchev–Trinajstić information content (AvgIpc) is 3.02. The Kier molecular flexibility index (Phi) is 4.88. The summed E-state index contributed by atoms with van der Waals surface area (Å²) >= 11 is 1.41. The van der Waals surface area contributed by atoms with E-state index in [1.54, 1.807) is 6.20 Å². The normalized spacial score (nSPS) is 10.7. The fraction of sp³-hybridized carbons (Fsp3) is 0.222. The van der Waals surface area contributed by atoms with Crippen LogP contribution in [0.4, 0.5) is 0 Å². The lowest BCUT2D eigenvalue weighted by atomic mass is 10.2. The number of fused-ring (bicyclic) bond motifs is 1. The van der Waals surface area contributed by atoms with Crippen LogP contribution in [0.1, 0.15) is 28.6 Å². The van der Waals surface area contributed by atoms with Gasteiger partial charge >= 0.3 is 0 Å². The van der Waals surface area contributed by atoms with Crippen LogP contribution in [0.25, 0.3) is 10.2 Å². The molecular weight excluding hydrogens is 308 g/mol. The van der Waals surface area contributed by atoms with Gasteiger partial charge in [0.2, 0.25) is 0 Å². The Bertz CT molecular complexity index is 780. The van der Waals surface area contributed by atoms with E-state index in [1.807, 2.05) is 42.5 Å². The molecule has 0 bridgehead atoms. The molecule has 23 heavy (non-hydrogen) atoms. The van der Waals surface area contributed by atoms with Crippen LogP contribution in [0.2, 0.25) is 0 Å². The second-order valence-electron chi connectivity index (χ2n) is 5.19. The molecule has 2 heterocycles. The molecule has 1 aromatic carbocycles. The maximum Gasteiger partial charge on any atom is 0.261 e. The number of benzene rings is 1. The number of thiophene rings is 1. The summed E-state index contributed by atoms with van der Waals surface area (Å²) in [5.41, 5.74) is 1.02. The van der Waals surface area contributed by atoms with Crippen LogP contribution in [0, 0.1) is 0 Å². The molecule has 1 amide bonds. The molecule has 118 valence electrons. The topological polar surface area (TPSA) is 51.2 Å². The molecule has 0 spiro atoms. The predicted octanol–water partition coefficient (Wildman–Crippen LogP) is 4.02. The van der Waals surface area contributed by atoms with Gasteiger partial charge in [-0.2, -0.15) is 0 Å². The lowest BCUT2D eigenvalue weighted by Crippen LogP contribution is -2.21. The second-order valence-corrected chi connectivity index (χ2v) is 6.22. The minimum Gasteiger partial charge on any atom is -0.494 e. The van der Waals surface area contributed by atoms with Crippen molar-refractivity contribution in [2.75, 3.05) is 6.61 Å². The summed E-state index contributed by atoms with van der Waals surface area (Å²) in [6.45, 7) is 3.25. The number of pyridine rings is 1. The molecule has 0 saturated heterocycles. The van der Waals surface area contributed by atoms with Crippen LogP contribution >= 0.6 is 11.3 Å². The number of carbonyl (C=O) groups excluding carboxylic acids is 1. The molecule has 0 unspecified atom stereocenters. The van der Waals surface area contributed by atoms with Crippen molar-refractivity contribution in [2.45, 2.75) is 19.9 Å². The molecule has 0 aliphatic rings. The summed E-state index contributed by atoms with van der Waals surface area (Å²) in [5, 5.41) is 3.95. The van der Waals surface area contributed by atoms with Gasteiger partial charge in [-0.05, 0) is 36.2 Å². The minimum atomic E-state index is -0.0760. The first-order valence-corrected chi connectivity index (χ1v) is 8.42. The first kappa shape index (κ1) is 15.5. The molecule has 0 saturated carbocycles. The lowest BCUT2D eigenvalue weighted by molar-refractivity contribution is 0.0955. The summed E-state index contributed by atoms with van der Waals surface area (Å²) < 4.78 is 5.61. The van der Waals surface area contributed by atoms with Crippen molar-refractivity contribution < 1.29 is 9.53 Å². The van der Waals surface area contributed by atoms with Crippen LogP contribution in [0.5, 0.6) is 5.75 Å². The standard InChI is InChI=1S/C18H18N2O2S/c1-2-9-22-15-7-3-5-13(10-15)12-20-17(21)16-11-14-6-4-8-19-18(14)23-16/h3-8,10-11H,2,9,12H2,1H3,(H,20,21). The van der Waals surface area contributed by atoms with Crippen LogP contribution in [-0.4, -0.2) is 17.5 Å². The molecule has 0 aliphatic heterocycles. The van der Waals surface area contributed by atoms with E-state index in [2.05, 4.69) is 17.2 Å². The highest BCUT2D eigenvalue weighted by Gasteiger charge is 2.10.